The van der Waals surface area contributed by atoms with Crippen molar-refractivity contribution in [2.75, 3.05) is 0 Å². The summed E-state index contributed by atoms with van der Waals surface area (Å²) >= 11 is 1.73. The van der Waals surface area contributed by atoms with Crippen LogP contribution < -0.4 is 0 Å². The molecule has 19 heavy (non-hydrogen) atoms. The summed E-state index contributed by atoms with van der Waals surface area (Å²) in [6.45, 7) is 1.84. The van der Waals surface area contributed by atoms with E-state index in [1.165, 1.54) is 17.0 Å². The highest BCUT2D eigenvalue weighted by atomic mass is 32.1. The lowest BCUT2D eigenvalue weighted by molar-refractivity contribution is -0.118. The van der Waals surface area contributed by atoms with Crippen molar-refractivity contribution in [1.82, 2.24) is 0 Å². The molecular formula is C16H17FOS. The molecule has 0 fully saturated rings. The number of aryl methyl sites for hydroxylation is 2. The van der Waals surface area contributed by atoms with Gasteiger partial charge < -0.3 is 0 Å². The molecule has 2 aromatic rings. The van der Waals surface area contributed by atoms with Crippen molar-refractivity contribution in [2.45, 2.75) is 32.6 Å². The number of hydrogen-bond acceptors (Lipinski definition) is 2. The van der Waals surface area contributed by atoms with Crippen LogP contribution in [0.15, 0.2) is 35.7 Å². The van der Waals surface area contributed by atoms with Gasteiger partial charge in [-0.15, -0.1) is 11.3 Å². The van der Waals surface area contributed by atoms with Crippen LogP contribution in [-0.4, -0.2) is 5.78 Å². The third-order valence-electron chi connectivity index (χ3n) is 3.15. The number of benzene rings is 1. The van der Waals surface area contributed by atoms with Crippen LogP contribution in [0.5, 0.6) is 0 Å². The SMILES string of the molecule is Cc1cc(F)ccc1CC(=O)CCCc1cccs1. The van der Waals surface area contributed by atoms with E-state index in [-0.39, 0.29) is 11.6 Å². The van der Waals surface area contributed by atoms with Gasteiger partial charge in [-0.2, -0.15) is 0 Å². The predicted molar refractivity (Wildman–Crippen MR) is 77.1 cm³/mol. The first-order valence-corrected chi connectivity index (χ1v) is 7.32. The molecular weight excluding hydrogens is 259 g/mol. The zero-order valence-electron chi connectivity index (χ0n) is 11.0. The lowest BCUT2D eigenvalue weighted by atomic mass is 10.0. The zero-order valence-corrected chi connectivity index (χ0v) is 11.8. The number of rotatable bonds is 6. The van der Waals surface area contributed by atoms with Crippen LogP contribution in [0.4, 0.5) is 4.39 Å². The minimum Gasteiger partial charge on any atom is -0.299 e. The maximum absolute atomic E-state index is 13.0. The van der Waals surface area contributed by atoms with Gasteiger partial charge in [0.1, 0.15) is 11.6 Å². The van der Waals surface area contributed by atoms with Crippen LogP contribution in [-0.2, 0) is 17.6 Å². The van der Waals surface area contributed by atoms with Gasteiger partial charge >= 0.3 is 0 Å². The quantitative estimate of drug-likeness (QED) is 0.767. The first-order valence-electron chi connectivity index (χ1n) is 6.44. The van der Waals surface area contributed by atoms with Gasteiger partial charge in [0.15, 0.2) is 0 Å². The largest absolute Gasteiger partial charge is 0.299 e. The van der Waals surface area contributed by atoms with E-state index in [2.05, 4.69) is 11.4 Å². The molecule has 0 radical (unpaired) electrons. The molecule has 0 saturated carbocycles. The second-order valence-corrected chi connectivity index (χ2v) is 5.75. The smallest absolute Gasteiger partial charge is 0.137 e. The zero-order chi connectivity index (χ0) is 13.7. The molecule has 1 nitrogen and oxygen atoms in total. The number of thiophene rings is 1. The Morgan fingerprint density at radius 1 is 1.32 bits per heavy atom. The fourth-order valence-electron chi connectivity index (χ4n) is 2.07. The molecule has 3 heteroatoms. The lowest BCUT2D eigenvalue weighted by Gasteiger charge is -2.05. The number of Topliss-reactive ketones (excluding diaryl/α,β-unsaturated/α-hetero) is 1. The molecule has 0 saturated heterocycles. The van der Waals surface area contributed by atoms with Crippen LogP contribution in [0.3, 0.4) is 0 Å². The third-order valence-corrected chi connectivity index (χ3v) is 4.09. The normalized spacial score (nSPS) is 10.6. The highest BCUT2D eigenvalue weighted by molar-refractivity contribution is 7.09. The summed E-state index contributed by atoms with van der Waals surface area (Å²) < 4.78 is 13.0. The lowest BCUT2D eigenvalue weighted by Crippen LogP contribution is -2.04. The summed E-state index contributed by atoms with van der Waals surface area (Å²) in [4.78, 5) is 13.2. The maximum Gasteiger partial charge on any atom is 0.137 e. The van der Waals surface area contributed by atoms with Crippen molar-refractivity contribution in [1.29, 1.82) is 0 Å². The van der Waals surface area contributed by atoms with Gasteiger partial charge in [0.2, 0.25) is 0 Å². The number of hydrogen-bond donors (Lipinski definition) is 0. The van der Waals surface area contributed by atoms with E-state index in [1.54, 1.807) is 17.4 Å². The molecule has 100 valence electrons. The van der Waals surface area contributed by atoms with Gasteiger partial charge in [-0.3, -0.25) is 4.79 Å². The molecule has 1 aromatic carbocycles. The van der Waals surface area contributed by atoms with Crippen LogP contribution in [0.1, 0.15) is 28.8 Å². The van der Waals surface area contributed by atoms with E-state index < -0.39 is 0 Å². The predicted octanol–water partition coefficient (Wildman–Crippen LogP) is 4.33. The molecule has 1 aromatic heterocycles. The van der Waals surface area contributed by atoms with Crippen molar-refractivity contribution < 1.29 is 9.18 Å². The van der Waals surface area contributed by atoms with Gasteiger partial charge in [0.25, 0.3) is 0 Å². The number of carbonyl (C=O) groups is 1. The Bertz CT molecular complexity index is 546. The van der Waals surface area contributed by atoms with Crippen molar-refractivity contribution >= 4 is 17.1 Å². The molecule has 2 rings (SSSR count). The van der Waals surface area contributed by atoms with Crippen molar-refractivity contribution in [2.24, 2.45) is 0 Å². The Morgan fingerprint density at radius 3 is 2.84 bits per heavy atom. The Kier molecular flexibility index (Phi) is 4.86. The van der Waals surface area contributed by atoms with Gasteiger partial charge in [-0.25, -0.2) is 4.39 Å². The summed E-state index contributed by atoms with van der Waals surface area (Å²) in [6.07, 6.45) is 2.86. The first-order chi connectivity index (χ1) is 9.15. The van der Waals surface area contributed by atoms with Crippen molar-refractivity contribution in [3.63, 3.8) is 0 Å². The Hall–Kier alpha value is -1.48. The number of ketones is 1. The van der Waals surface area contributed by atoms with Crippen molar-refractivity contribution in [3.05, 3.63) is 57.5 Å². The minimum atomic E-state index is -0.244. The van der Waals surface area contributed by atoms with Crippen LogP contribution in [0.2, 0.25) is 0 Å². The van der Waals surface area contributed by atoms with E-state index in [9.17, 15) is 9.18 Å². The third kappa shape index (κ3) is 4.28. The fraction of sp³-hybridized carbons (Fsp3) is 0.312. The highest BCUT2D eigenvalue weighted by Gasteiger charge is 2.07. The van der Waals surface area contributed by atoms with E-state index in [0.29, 0.717) is 12.8 Å². The van der Waals surface area contributed by atoms with Gasteiger partial charge in [0.05, 0.1) is 0 Å². The Balaban J connectivity index is 1.80. The van der Waals surface area contributed by atoms with Crippen LogP contribution in [0, 0.1) is 12.7 Å². The van der Waals surface area contributed by atoms with E-state index in [4.69, 9.17) is 0 Å². The number of carbonyl (C=O) groups excluding carboxylic acids is 1. The standard InChI is InChI=1S/C16H17FOS/c1-12-10-14(17)8-7-13(12)11-15(18)4-2-5-16-6-3-9-19-16/h3,6-10H,2,4-5,11H2,1H3. The van der Waals surface area contributed by atoms with Crippen LogP contribution >= 0.6 is 11.3 Å². The first kappa shape index (κ1) is 13.9. The Morgan fingerprint density at radius 2 is 2.16 bits per heavy atom. The Labute approximate surface area is 117 Å². The fourth-order valence-corrected chi connectivity index (χ4v) is 2.82. The molecule has 0 N–H and O–H groups in total. The summed E-state index contributed by atoms with van der Waals surface area (Å²) in [5.41, 5.74) is 1.79. The summed E-state index contributed by atoms with van der Waals surface area (Å²) in [5, 5.41) is 2.05. The molecule has 0 atom stereocenters. The summed E-state index contributed by atoms with van der Waals surface area (Å²) in [5.74, 6) is -0.0161. The van der Waals surface area contributed by atoms with E-state index >= 15 is 0 Å². The minimum absolute atomic E-state index is 0.228. The molecule has 1 heterocycles. The average molecular weight is 276 g/mol. The van der Waals surface area contributed by atoms with Crippen LogP contribution in [0.25, 0.3) is 0 Å². The van der Waals surface area contributed by atoms with Gasteiger partial charge in [-0.05, 0) is 54.5 Å². The molecule has 0 aliphatic heterocycles. The average Bonchev–Trinajstić information content (AvgIpc) is 2.86. The maximum atomic E-state index is 13.0. The molecule has 0 unspecified atom stereocenters. The second-order valence-electron chi connectivity index (χ2n) is 4.72. The summed E-state index contributed by atoms with van der Waals surface area (Å²) in [6, 6.07) is 8.74. The van der Waals surface area contributed by atoms with Gasteiger partial charge in [-0.1, -0.05) is 12.1 Å². The molecule has 0 aliphatic rings. The van der Waals surface area contributed by atoms with Gasteiger partial charge in [0, 0.05) is 17.7 Å². The molecule has 0 bridgehead atoms. The molecule has 0 amide bonds. The number of halogens is 1. The second kappa shape index (κ2) is 6.62. The van der Waals surface area contributed by atoms with Crippen molar-refractivity contribution in [3.8, 4) is 0 Å². The summed E-state index contributed by atoms with van der Waals surface area (Å²) in [7, 11) is 0. The highest BCUT2D eigenvalue weighted by Crippen LogP contribution is 2.15. The topological polar surface area (TPSA) is 17.1 Å². The van der Waals surface area contributed by atoms with E-state index in [1.807, 2.05) is 13.0 Å². The molecule has 0 aliphatic carbocycles. The molecule has 0 spiro atoms. The van der Waals surface area contributed by atoms with E-state index in [0.717, 1.165) is 24.0 Å². The monoisotopic (exact) mass is 276 g/mol.